The van der Waals surface area contributed by atoms with Crippen molar-refractivity contribution in [2.45, 2.75) is 20.5 Å². The Labute approximate surface area is 127 Å². The smallest absolute Gasteiger partial charge is 0.312 e. The van der Waals surface area contributed by atoms with Crippen LogP contribution in [-0.4, -0.2) is 20.9 Å². The van der Waals surface area contributed by atoms with Crippen molar-refractivity contribution in [3.05, 3.63) is 44.1 Å². The first-order chi connectivity index (χ1) is 9.88. The van der Waals surface area contributed by atoms with Crippen LogP contribution in [0.15, 0.2) is 21.0 Å². The van der Waals surface area contributed by atoms with Gasteiger partial charge in [0.1, 0.15) is 0 Å². The fourth-order valence-electron chi connectivity index (χ4n) is 1.66. The highest BCUT2D eigenvalue weighted by Gasteiger charge is 2.23. The summed E-state index contributed by atoms with van der Waals surface area (Å²) >= 11 is 3.13. The van der Waals surface area contributed by atoms with Crippen LogP contribution in [0.5, 0.6) is 5.75 Å². The van der Waals surface area contributed by atoms with Crippen molar-refractivity contribution in [1.29, 1.82) is 0 Å². The van der Waals surface area contributed by atoms with Crippen LogP contribution in [0.4, 0.5) is 5.69 Å². The molecule has 0 aliphatic heterocycles. The Balaban J connectivity index is 2.39. The quantitative estimate of drug-likeness (QED) is 0.460. The third kappa shape index (κ3) is 3.43. The average molecular weight is 356 g/mol. The summed E-state index contributed by atoms with van der Waals surface area (Å²) in [6.07, 6.45) is 0. The molecule has 110 valence electrons. The number of benzene rings is 1. The van der Waals surface area contributed by atoms with Gasteiger partial charge in [-0.1, -0.05) is 15.9 Å². The lowest BCUT2D eigenvalue weighted by Gasteiger charge is -2.09. The molecular weight excluding hydrogens is 346 g/mol. The van der Waals surface area contributed by atoms with E-state index >= 15 is 0 Å². The zero-order chi connectivity index (χ0) is 15.6. The number of rotatable bonds is 5. The first-order valence-electron chi connectivity index (χ1n) is 5.79. The van der Waals surface area contributed by atoms with E-state index in [0.29, 0.717) is 10.4 Å². The lowest BCUT2D eigenvalue weighted by Crippen LogP contribution is -2.05. The van der Waals surface area contributed by atoms with Crippen molar-refractivity contribution in [2.75, 3.05) is 0 Å². The molecule has 0 bridgehead atoms. The number of carbonyl (C=O) groups excluding carboxylic acids is 1. The number of aryl methyl sites for hydroxylation is 1. The molecule has 1 heterocycles. The number of halogens is 1. The maximum absolute atomic E-state index is 11.6. The third-order valence-corrected chi connectivity index (χ3v) is 2.98. The van der Waals surface area contributed by atoms with E-state index in [2.05, 4.69) is 26.1 Å². The van der Waals surface area contributed by atoms with Gasteiger partial charge in [-0.25, -0.2) is 0 Å². The first kappa shape index (κ1) is 15.1. The fraction of sp³-hybridized carbons (Fsp3) is 0.250. The Kier molecular flexibility index (Phi) is 4.32. The highest BCUT2D eigenvalue weighted by molar-refractivity contribution is 9.10. The van der Waals surface area contributed by atoms with Crippen LogP contribution >= 0.6 is 15.9 Å². The summed E-state index contributed by atoms with van der Waals surface area (Å²) in [5, 5.41) is 18.5. The minimum atomic E-state index is -0.619. The van der Waals surface area contributed by atoms with Gasteiger partial charge in [-0.3, -0.25) is 14.9 Å². The summed E-state index contributed by atoms with van der Waals surface area (Å²) < 4.78 is 10.9. The van der Waals surface area contributed by atoms with Crippen molar-refractivity contribution >= 4 is 27.4 Å². The monoisotopic (exact) mass is 355 g/mol. The largest absolute Gasteiger partial charge is 0.476 e. The maximum atomic E-state index is 11.6. The molecule has 0 atom stereocenters. The summed E-state index contributed by atoms with van der Waals surface area (Å²) in [4.78, 5) is 22.1. The van der Waals surface area contributed by atoms with Gasteiger partial charge in [0.15, 0.2) is 12.4 Å². The fourth-order valence-corrected chi connectivity index (χ4v) is 2.10. The second kappa shape index (κ2) is 6.00. The number of Topliss-reactive ketones (excluding diaryl/α,β-unsaturated/α-hetero) is 1. The Morgan fingerprint density at radius 2 is 2.19 bits per heavy atom. The molecule has 1 aromatic carbocycles. The third-order valence-electron chi connectivity index (χ3n) is 2.52. The van der Waals surface area contributed by atoms with Gasteiger partial charge in [0.2, 0.25) is 11.6 Å². The average Bonchev–Trinajstić information content (AvgIpc) is 2.81. The van der Waals surface area contributed by atoms with Crippen molar-refractivity contribution in [3.8, 4) is 5.75 Å². The molecule has 0 saturated carbocycles. The van der Waals surface area contributed by atoms with Crippen molar-refractivity contribution in [2.24, 2.45) is 0 Å². The van der Waals surface area contributed by atoms with Crippen LogP contribution in [0.3, 0.4) is 0 Å². The number of hydrogen-bond donors (Lipinski definition) is 0. The molecule has 0 saturated heterocycles. The topological polar surface area (TPSA) is 108 Å². The predicted molar refractivity (Wildman–Crippen MR) is 74.2 cm³/mol. The van der Waals surface area contributed by atoms with E-state index in [0.717, 1.165) is 0 Å². The van der Waals surface area contributed by atoms with Crippen molar-refractivity contribution < 1.29 is 18.9 Å². The van der Waals surface area contributed by atoms with E-state index in [1.807, 2.05) is 0 Å². The molecule has 0 aliphatic carbocycles. The number of hydrogen-bond acceptors (Lipinski definition) is 7. The first-order valence-corrected chi connectivity index (χ1v) is 6.58. The summed E-state index contributed by atoms with van der Waals surface area (Å²) in [7, 11) is 0. The molecule has 9 heteroatoms. The van der Waals surface area contributed by atoms with Gasteiger partial charge in [0, 0.05) is 17.5 Å². The Morgan fingerprint density at radius 1 is 1.48 bits per heavy atom. The van der Waals surface area contributed by atoms with Gasteiger partial charge in [0.05, 0.1) is 10.5 Å². The predicted octanol–water partition coefficient (Wildman–Crippen LogP) is 2.83. The van der Waals surface area contributed by atoms with Crippen LogP contribution in [0.2, 0.25) is 0 Å². The van der Waals surface area contributed by atoms with Gasteiger partial charge in [-0.15, -0.1) is 10.2 Å². The molecular formula is C12H10BrN3O5. The van der Waals surface area contributed by atoms with Crippen molar-refractivity contribution in [3.63, 3.8) is 0 Å². The molecule has 2 rings (SSSR count). The normalized spacial score (nSPS) is 10.4. The van der Waals surface area contributed by atoms with Crippen LogP contribution < -0.4 is 4.74 Å². The minimum absolute atomic E-state index is 0.104. The number of nitro groups is 1. The highest BCUT2D eigenvalue weighted by Crippen LogP contribution is 2.35. The van der Waals surface area contributed by atoms with E-state index in [1.54, 1.807) is 6.92 Å². The SMILES string of the molecule is CC(=O)c1cc(Br)cc([N+](=O)[O-])c1OCc1nnc(C)o1. The second-order valence-electron chi connectivity index (χ2n) is 4.12. The lowest BCUT2D eigenvalue weighted by molar-refractivity contribution is -0.386. The van der Waals surface area contributed by atoms with Crippen LogP contribution in [0, 0.1) is 17.0 Å². The Morgan fingerprint density at radius 3 is 2.71 bits per heavy atom. The van der Waals surface area contributed by atoms with E-state index < -0.39 is 4.92 Å². The van der Waals surface area contributed by atoms with Gasteiger partial charge < -0.3 is 9.15 Å². The minimum Gasteiger partial charge on any atom is -0.476 e. The van der Waals surface area contributed by atoms with E-state index in [1.165, 1.54) is 19.1 Å². The van der Waals surface area contributed by atoms with Crippen LogP contribution in [-0.2, 0) is 6.61 Å². The molecule has 0 unspecified atom stereocenters. The number of aromatic nitrogens is 2. The molecule has 0 aliphatic rings. The molecule has 1 aromatic heterocycles. The summed E-state index contributed by atoms with van der Waals surface area (Å²) in [6.45, 7) is 2.75. The van der Waals surface area contributed by atoms with Gasteiger partial charge in [-0.2, -0.15) is 0 Å². The highest BCUT2D eigenvalue weighted by atomic mass is 79.9. The van der Waals surface area contributed by atoms with Gasteiger partial charge >= 0.3 is 5.69 Å². The zero-order valence-electron chi connectivity index (χ0n) is 11.1. The summed E-state index contributed by atoms with van der Waals surface area (Å²) in [5.41, 5.74) is -0.210. The molecule has 2 aromatic rings. The number of nitrogens with zero attached hydrogens (tertiary/aromatic N) is 3. The van der Waals surface area contributed by atoms with E-state index in [-0.39, 0.29) is 35.3 Å². The number of nitro benzene ring substituents is 1. The number of ether oxygens (including phenoxy) is 1. The Hall–Kier alpha value is -2.29. The number of ketones is 1. The second-order valence-corrected chi connectivity index (χ2v) is 5.03. The van der Waals surface area contributed by atoms with Gasteiger partial charge in [-0.05, 0) is 13.0 Å². The molecule has 0 fully saturated rings. The zero-order valence-corrected chi connectivity index (χ0v) is 12.7. The maximum Gasteiger partial charge on any atom is 0.312 e. The van der Waals surface area contributed by atoms with Crippen LogP contribution in [0.25, 0.3) is 0 Å². The van der Waals surface area contributed by atoms with E-state index in [4.69, 9.17) is 9.15 Å². The van der Waals surface area contributed by atoms with E-state index in [9.17, 15) is 14.9 Å². The number of carbonyl (C=O) groups is 1. The standard InChI is InChI=1S/C12H10BrN3O5/c1-6(17)9-3-8(13)4-10(16(18)19)12(9)20-5-11-15-14-7(2)21-11/h3-4H,5H2,1-2H3. The molecule has 0 spiro atoms. The van der Waals surface area contributed by atoms with Gasteiger partial charge in [0.25, 0.3) is 5.89 Å². The molecule has 21 heavy (non-hydrogen) atoms. The molecule has 0 amide bonds. The molecule has 0 radical (unpaired) electrons. The lowest BCUT2D eigenvalue weighted by atomic mass is 10.1. The molecule has 0 N–H and O–H groups in total. The molecule has 8 nitrogen and oxygen atoms in total. The summed E-state index contributed by atoms with van der Waals surface area (Å²) in [6, 6.07) is 2.73. The summed E-state index contributed by atoms with van der Waals surface area (Å²) in [5.74, 6) is 0.0487. The Bertz CT molecular complexity index is 678. The van der Waals surface area contributed by atoms with Crippen molar-refractivity contribution in [1.82, 2.24) is 10.2 Å². The van der Waals surface area contributed by atoms with Crippen LogP contribution in [0.1, 0.15) is 29.1 Å².